The van der Waals surface area contributed by atoms with Gasteiger partial charge in [-0.05, 0) is 37.1 Å². The molecule has 5 heteroatoms. The van der Waals surface area contributed by atoms with Gasteiger partial charge in [-0.15, -0.1) is 0 Å². The molecule has 25 heavy (non-hydrogen) atoms. The van der Waals surface area contributed by atoms with E-state index in [4.69, 9.17) is 5.73 Å². The molecule has 124 valence electrons. The fourth-order valence-corrected chi connectivity index (χ4v) is 2.97. The largest absolute Gasteiger partial charge is 0.366 e. The predicted octanol–water partition coefficient (Wildman–Crippen LogP) is 3.46. The van der Waals surface area contributed by atoms with E-state index in [0.717, 1.165) is 29.4 Å². The molecule has 2 aromatic carbocycles. The van der Waals surface area contributed by atoms with E-state index in [1.165, 1.54) is 0 Å². The Hall–Kier alpha value is -3.21. The molecule has 0 spiro atoms. The van der Waals surface area contributed by atoms with E-state index in [9.17, 15) is 9.59 Å². The molecule has 0 unspecified atom stereocenters. The summed E-state index contributed by atoms with van der Waals surface area (Å²) in [6.07, 6.45) is 2.22. The number of anilines is 1. The Kier molecular flexibility index (Phi) is 3.69. The predicted molar refractivity (Wildman–Crippen MR) is 96.6 cm³/mol. The standard InChI is InChI=1S/C20H17N3O2/c21-19(24)14-6-2-4-8-17(14)23-20(25)15-11-18(12-9-10-12)22-16-7-3-1-5-13(15)16/h1-8,11-12H,9-10H2,(H2,21,24)(H,23,25). The van der Waals surface area contributed by atoms with Crippen LogP contribution in [0.5, 0.6) is 0 Å². The number of amides is 2. The summed E-state index contributed by atoms with van der Waals surface area (Å²) >= 11 is 0. The molecule has 5 nitrogen and oxygen atoms in total. The average molecular weight is 331 g/mol. The topological polar surface area (TPSA) is 85.1 Å². The molecule has 1 aliphatic carbocycles. The molecular formula is C20H17N3O2. The highest BCUT2D eigenvalue weighted by Crippen LogP contribution is 2.40. The maximum Gasteiger partial charge on any atom is 0.256 e. The van der Waals surface area contributed by atoms with Crippen molar-refractivity contribution in [2.24, 2.45) is 5.73 Å². The molecule has 1 aliphatic rings. The van der Waals surface area contributed by atoms with Crippen LogP contribution in [0.25, 0.3) is 10.9 Å². The Morgan fingerprint density at radius 3 is 2.48 bits per heavy atom. The molecule has 1 saturated carbocycles. The number of pyridine rings is 1. The lowest BCUT2D eigenvalue weighted by Crippen LogP contribution is -2.18. The lowest BCUT2D eigenvalue weighted by Gasteiger charge is -2.12. The highest BCUT2D eigenvalue weighted by molar-refractivity contribution is 6.14. The maximum absolute atomic E-state index is 12.9. The molecule has 0 bridgehead atoms. The Bertz CT molecular complexity index is 993. The molecular weight excluding hydrogens is 314 g/mol. The zero-order valence-corrected chi connectivity index (χ0v) is 13.5. The first-order chi connectivity index (χ1) is 12.1. The van der Waals surface area contributed by atoms with Crippen LogP contribution in [-0.4, -0.2) is 16.8 Å². The second kappa shape index (κ2) is 6.02. The van der Waals surface area contributed by atoms with Gasteiger partial charge in [0, 0.05) is 17.0 Å². The van der Waals surface area contributed by atoms with E-state index in [-0.39, 0.29) is 11.5 Å². The third kappa shape index (κ3) is 2.96. The molecule has 3 aromatic rings. The number of nitrogens with zero attached hydrogens (tertiary/aromatic N) is 1. The van der Waals surface area contributed by atoms with Crippen LogP contribution in [0.4, 0.5) is 5.69 Å². The number of nitrogens with two attached hydrogens (primary N) is 1. The van der Waals surface area contributed by atoms with Gasteiger partial charge in [0.15, 0.2) is 0 Å². The molecule has 0 saturated heterocycles. The van der Waals surface area contributed by atoms with Crippen molar-refractivity contribution < 1.29 is 9.59 Å². The van der Waals surface area contributed by atoms with Crippen LogP contribution in [0.3, 0.4) is 0 Å². The van der Waals surface area contributed by atoms with Crippen LogP contribution in [0.2, 0.25) is 0 Å². The van der Waals surface area contributed by atoms with E-state index < -0.39 is 5.91 Å². The third-order valence-corrected chi connectivity index (χ3v) is 4.42. The summed E-state index contributed by atoms with van der Waals surface area (Å²) < 4.78 is 0. The number of fused-ring (bicyclic) bond motifs is 1. The highest BCUT2D eigenvalue weighted by atomic mass is 16.2. The van der Waals surface area contributed by atoms with Crippen molar-refractivity contribution in [3.8, 4) is 0 Å². The monoisotopic (exact) mass is 331 g/mol. The molecule has 0 radical (unpaired) electrons. The minimum atomic E-state index is -0.575. The first kappa shape index (κ1) is 15.3. The second-order valence-electron chi connectivity index (χ2n) is 6.25. The SMILES string of the molecule is NC(=O)c1ccccc1NC(=O)c1cc(C2CC2)nc2ccccc12. The number of benzene rings is 2. The summed E-state index contributed by atoms with van der Waals surface area (Å²) in [5, 5.41) is 3.61. The first-order valence-electron chi connectivity index (χ1n) is 8.23. The Labute approximate surface area is 144 Å². The number of rotatable bonds is 4. The smallest absolute Gasteiger partial charge is 0.256 e. The minimum absolute atomic E-state index is 0.269. The van der Waals surface area contributed by atoms with Gasteiger partial charge in [0.2, 0.25) is 0 Å². The van der Waals surface area contributed by atoms with Crippen molar-refractivity contribution >= 4 is 28.4 Å². The number of nitrogens with one attached hydrogen (secondary N) is 1. The fraction of sp³-hybridized carbons (Fsp3) is 0.150. The van der Waals surface area contributed by atoms with Crippen molar-refractivity contribution in [2.45, 2.75) is 18.8 Å². The quantitative estimate of drug-likeness (QED) is 0.767. The van der Waals surface area contributed by atoms with Crippen LogP contribution in [0.1, 0.15) is 45.2 Å². The van der Waals surface area contributed by atoms with E-state index in [0.29, 0.717) is 17.2 Å². The highest BCUT2D eigenvalue weighted by Gasteiger charge is 2.27. The summed E-state index contributed by atoms with van der Waals surface area (Å²) in [6, 6.07) is 16.2. The summed E-state index contributed by atoms with van der Waals surface area (Å²) in [5.41, 5.74) is 8.41. The Morgan fingerprint density at radius 1 is 1.00 bits per heavy atom. The lowest BCUT2D eigenvalue weighted by atomic mass is 10.0. The van der Waals surface area contributed by atoms with Gasteiger partial charge in [0.25, 0.3) is 11.8 Å². The molecule has 2 amide bonds. The first-order valence-corrected chi connectivity index (χ1v) is 8.23. The van der Waals surface area contributed by atoms with Gasteiger partial charge in [0.1, 0.15) is 0 Å². The van der Waals surface area contributed by atoms with Crippen molar-refractivity contribution in [3.63, 3.8) is 0 Å². The van der Waals surface area contributed by atoms with Crippen molar-refractivity contribution in [2.75, 3.05) is 5.32 Å². The fourth-order valence-electron chi connectivity index (χ4n) is 2.97. The van der Waals surface area contributed by atoms with Crippen LogP contribution in [-0.2, 0) is 0 Å². The molecule has 0 atom stereocenters. The van der Waals surface area contributed by atoms with Crippen LogP contribution >= 0.6 is 0 Å². The minimum Gasteiger partial charge on any atom is -0.366 e. The van der Waals surface area contributed by atoms with Gasteiger partial charge in [-0.25, -0.2) is 0 Å². The van der Waals surface area contributed by atoms with Crippen LogP contribution in [0.15, 0.2) is 54.6 Å². The van der Waals surface area contributed by atoms with Gasteiger partial charge in [0.05, 0.1) is 22.3 Å². The summed E-state index contributed by atoms with van der Waals surface area (Å²) in [6.45, 7) is 0. The summed E-state index contributed by atoms with van der Waals surface area (Å²) in [4.78, 5) is 29.2. The molecule has 0 aliphatic heterocycles. The van der Waals surface area contributed by atoms with Gasteiger partial charge >= 0.3 is 0 Å². The van der Waals surface area contributed by atoms with E-state index >= 15 is 0 Å². The number of primary amides is 1. The molecule has 1 heterocycles. The van der Waals surface area contributed by atoms with Gasteiger partial charge in [-0.2, -0.15) is 0 Å². The number of carbonyl (C=O) groups excluding carboxylic acids is 2. The van der Waals surface area contributed by atoms with Crippen LogP contribution < -0.4 is 11.1 Å². The second-order valence-corrected chi connectivity index (χ2v) is 6.25. The van der Waals surface area contributed by atoms with Gasteiger partial charge in [-0.3, -0.25) is 14.6 Å². The normalized spacial score (nSPS) is 13.6. The number of hydrogen-bond donors (Lipinski definition) is 2. The van der Waals surface area contributed by atoms with Crippen LogP contribution in [0, 0.1) is 0 Å². The lowest BCUT2D eigenvalue weighted by molar-refractivity contribution is 0.100. The summed E-state index contributed by atoms with van der Waals surface area (Å²) in [5.74, 6) is -0.405. The number of carbonyl (C=O) groups is 2. The zero-order valence-electron chi connectivity index (χ0n) is 13.5. The number of aromatic nitrogens is 1. The summed E-state index contributed by atoms with van der Waals surface area (Å²) in [7, 11) is 0. The van der Waals surface area contributed by atoms with E-state index in [1.807, 2.05) is 30.3 Å². The molecule has 1 fully saturated rings. The average Bonchev–Trinajstić information content (AvgIpc) is 3.46. The molecule has 3 N–H and O–H groups in total. The third-order valence-electron chi connectivity index (χ3n) is 4.42. The number of para-hydroxylation sites is 2. The maximum atomic E-state index is 12.9. The molecule has 4 rings (SSSR count). The Balaban J connectivity index is 1.76. The van der Waals surface area contributed by atoms with Crippen molar-refractivity contribution in [1.82, 2.24) is 4.98 Å². The molecule has 1 aromatic heterocycles. The Morgan fingerprint density at radius 2 is 1.72 bits per heavy atom. The van der Waals surface area contributed by atoms with Crippen molar-refractivity contribution in [3.05, 3.63) is 71.4 Å². The number of hydrogen-bond acceptors (Lipinski definition) is 3. The zero-order chi connectivity index (χ0) is 17.4. The van der Waals surface area contributed by atoms with Gasteiger partial charge in [-0.1, -0.05) is 30.3 Å². The van der Waals surface area contributed by atoms with E-state index in [2.05, 4.69) is 10.3 Å². The van der Waals surface area contributed by atoms with Crippen molar-refractivity contribution in [1.29, 1.82) is 0 Å². The van der Waals surface area contributed by atoms with Gasteiger partial charge < -0.3 is 11.1 Å². The van der Waals surface area contributed by atoms with E-state index in [1.54, 1.807) is 24.3 Å².